The molecule has 1 rings (SSSR count). The highest BCUT2D eigenvalue weighted by atomic mass is 35.5. The van der Waals surface area contributed by atoms with Crippen molar-refractivity contribution in [3.05, 3.63) is 34.3 Å². The summed E-state index contributed by atoms with van der Waals surface area (Å²) in [4.78, 5) is 3.62. The van der Waals surface area contributed by atoms with Gasteiger partial charge in [-0.1, -0.05) is 17.7 Å². The first-order valence-corrected chi connectivity index (χ1v) is 4.12. The van der Waals surface area contributed by atoms with Crippen LogP contribution in [0.2, 0.25) is 5.02 Å². The van der Waals surface area contributed by atoms with Crippen molar-refractivity contribution in [1.29, 1.82) is 0 Å². The van der Waals surface area contributed by atoms with Crippen LogP contribution in [0.15, 0.2) is 23.2 Å². The fourth-order valence-electron chi connectivity index (χ4n) is 0.989. The number of rotatable bonds is 1. The molecule has 1 aromatic rings. The summed E-state index contributed by atoms with van der Waals surface area (Å²) in [5.41, 5.74) is -0.458. The fraction of sp³-hybridized carbons (Fsp3) is 0.222. The summed E-state index contributed by atoms with van der Waals surface area (Å²) in [5, 5.41) is -0.300. The fourth-order valence-corrected chi connectivity index (χ4v) is 1.21. The molecule has 0 unspecified atom stereocenters. The zero-order chi connectivity index (χ0) is 10.8. The van der Waals surface area contributed by atoms with Gasteiger partial charge in [0.25, 0.3) is 0 Å². The van der Waals surface area contributed by atoms with Crippen LogP contribution in [0.4, 0.5) is 13.2 Å². The van der Waals surface area contributed by atoms with Crippen molar-refractivity contribution in [1.82, 2.24) is 0 Å². The molecule has 0 aliphatic carbocycles. The van der Waals surface area contributed by atoms with Gasteiger partial charge in [0, 0.05) is 13.3 Å². The third-order valence-electron chi connectivity index (χ3n) is 1.57. The lowest BCUT2D eigenvalue weighted by atomic mass is 10.1. The van der Waals surface area contributed by atoms with E-state index >= 15 is 0 Å². The van der Waals surface area contributed by atoms with Gasteiger partial charge < -0.3 is 0 Å². The smallest absolute Gasteiger partial charge is 0.296 e. The van der Waals surface area contributed by atoms with Gasteiger partial charge >= 0.3 is 6.18 Å². The highest BCUT2D eigenvalue weighted by molar-refractivity contribution is 6.31. The molecule has 0 aromatic heterocycles. The molecule has 1 nitrogen and oxygen atoms in total. The number of halogens is 4. The van der Waals surface area contributed by atoms with Gasteiger partial charge in [-0.25, -0.2) is 0 Å². The summed E-state index contributed by atoms with van der Waals surface area (Å²) >= 11 is 5.42. The van der Waals surface area contributed by atoms with Crippen molar-refractivity contribution >= 4 is 17.8 Å². The van der Waals surface area contributed by atoms with Gasteiger partial charge in [-0.3, -0.25) is 4.99 Å². The molecule has 0 aliphatic rings. The summed E-state index contributed by atoms with van der Waals surface area (Å²) < 4.78 is 37.0. The lowest BCUT2D eigenvalue weighted by Gasteiger charge is -2.08. The van der Waals surface area contributed by atoms with Crippen molar-refractivity contribution in [3.63, 3.8) is 0 Å². The van der Waals surface area contributed by atoms with E-state index in [1.54, 1.807) is 0 Å². The molecule has 0 aliphatic heterocycles. The molecule has 0 amide bonds. The molecule has 0 bridgehead atoms. The summed E-state index contributed by atoms with van der Waals surface area (Å²) in [7, 11) is 1.49. The first-order chi connectivity index (χ1) is 6.45. The van der Waals surface area contributed by atoms with Crippen molar-refractivity contribution < 1.29 is 13.2 Å². The van der Waals surface area contributed by atoms with Crippen LogP contribution in [0.3, 0.4) is 0 Å². The normalized spacial score (nSPS) is 12.4. The van der Waals surface area contributed by atoms with Gasteiger partial charge in [0.1, 0.15) is 0 Å². The SMILES string of the molecule is CN=Cc1ccc(Cl)c(C(F)(F)F)c1. The van der Waals surface area contributed by atoms with Crippen molar-refractivity contribution in [2.24, 2.45) is 4.99 Å². The van der Waals surface area contributed by atoms with E-state index < -0.39 is 11.7 Å². The number of nitrogens with zero attached hydrogens (tertiary/aromatic N) is 1. The summed E-state index contributed by atoms with van der Waals surface area (Å²) in [5.74, 6) is 0. The monoisotopic (exact) mass is 221 g/mol. The highest BCUT2D eigenvalue weighted by Gasteiger charge is 2.33. The van der Waals surface area contributed by atoms with E-state index in [9.17, 15) is 13.2 Å². The minimum atomic E-state index is -4.42. The lowest BCUT2D eigenvalue weighted by molar-refractivity contribution is -0.137. The largest absolute Gasteiger partial charge is 0.417 e. The predicted molar refractivity (Wildman–Crippen MR) is 50.0 cm³/mol. The Labute approximate surface area is 84.2 Å². The molecule has 5 heteroatoms. The van der Waals surface area contributed by atoms with Crippen LogP contribution < -0.4 is 0 Å². The molecule has 0 atom stereocenters. The van der Waals surface area contributed by atoms with Gasteiger partial charge in [-0.05, 0) is 17.7 Å². The third-order valence-corrected chi connectivity index (χ3v) is 1.90. The Morgan fingerprint density at radius 2 is 2.00 bits per heavy atom. The second kappa shape index (κ2) is 4.00. The van der Waals surface area contributed by atoms with E-state index in [0.29, 0.717) is 5.56 Å². The van der Waals surface area contributed by atoms with E-state index in [2.05, 4.69) is 4.99 Å². The predicted octanol–water partition coefficient (Wildman–Crippen LogP) is 3.41. The van der Waals surface area contributed by atoms with Crippen LogP contribution in [0, 0.1) is 0 Å². The highest BCUT2D eigenvalue weighted by Crippen LogP contribution is 2.34. The minimum absolute atomic E-state index is 0.300. The number of hydrogen-bond donors (Lipinski definition) is 0. The molecule has 1 aromatic carbocycles. The molecule has 76 valence electrons. The summed E-state index contributed by atoms with van der Waals surface area (Å²) in [6.45, 7) is 0. The van der Waals surface area contributed by atoms with Gasteiger partial charge in [-0.15, -0.1) is 0 Å². The molecule has 0 fully saturated rings. The number of aliphatic imine (C=N–C) groups is 1. The Morgan fingerprint density at radius 3 is 2.50 bits per heavy atom. The topological polar surface area (TPSA) is 12.4 Å². The Hall–Kier alpha value is -1.03. The zero-order valence-corrected chi connectivity index (χ0v) is 8.02. The number of benzene rings is 1. The van der Waals surface area contributed by atoms with E-state index in [1.807, 2.05) is 0 Å². The molecule has 0 spiro atoms. The zero-order valence-electron chi connectivity index (χ0n) is 7.27. The van der Waals surface area contributed by atoms with Crippen LogP contribution in [0.1, 0.15) is 11.1 Å². The standard InChI is InChI=1S/C9H7ClF3N/c1-14-5-6-2-3-8(10)7(4-6)9(11,12)13/h2-5H,1H3. The molecule has 0 heterocycles. The van der Waals surface area contributed by atoms with Crippen LogP contribution in [0.25, 0.3) is 0 Å². The van der Waals surface area contributed by atoms with E-state index in [1.165, 1.54) is 25.4 Å². The van der Waals surface area contributed by atoms with Crippen LogP contribution in [-0.4, -0.2) is 13.3 Å². The first-order valence-electron chi connectivity index (χ1n) is 3.74. The molecule has 0 radical (unpaired) electrons. The molecule has 0 N–H and O–H groups in total. The van der Waals surface area contributed by atoms with E-state index in [4.69, 9.17) is 11.6 Å². The van der Waals surface area contributed by atoms with Crippen molar-refractivity contribution in [2.45, 2.75) is 6.18 Å². The molecule has 0 saturated heterocycles. The lowest BCUT2D eigenvalue weighted by Crippen LogP contribution is -2.06. The van der Waals surface area contributed by atoms with Crippen molar-refractivity contribution in [3.8, 4) is 0 Å². The molecule has 14 heavy (non-hydrogen) atoms. The Kier molecular flexibility index (Phi) is 3.16. The van der Waals surface area contributed by atoms with Crippen LogP contribution >= 0.6 is 11.6 Å². The van der Waals surface area contributed by atoms with Gasteiger partial charge in [-0.2, -0.15) is 13.2 Å². The maximum Gasteiger partial charge on any atom is 0.417 e. The number of alkyl halides is 3. The summed E-state index contributed by atoms with van der Waals surface area (Å²) in [6, 6.07) is 3.65. The van der Waals surface area contributed by atoms with Gasteiger partial charge in [0.2, 0.25) is 0 Å². The second-order valence-corrected chi connectivity index (χ2v) is 3.03. The molecular weight excluding hydrogens is 215 g/mol. The average molecular weight is 222 g/mol. The van der Waals surface area contributed by atoms with Crippen molar-refractivity contribution in [2.75, 3.05) is 7.05 Å². The van der Waals surface area contributed by atoms with Crippen LogP contribution in [-0.2, 0) is 6.18 Å². The minimum Gasteiger partial charge on any atom is -0.296 e. The van der Waals surface area contributed by atoms with E-state index in [0.717, 1.165) is 6.07 Å². The van der Waals surface area contributed by atoms with E-state index in [-0.39, 0.29) is 5.02 Å². The Bertz CT molecular complexity index is 358. The number of hydrogen-bond acceptors (Lipinski definition) is 1. The first kappa shape index (κ1) is 11.0. The molecular formula is C9H7ClF3N. The maximum absolute atomic E-state index is 12.3. The Morgan fingerprint density at radius 1 is 1.36 bits per heavy atom. The Balaban J connectivity index is 3.22. The van der Waals surface area contributed by atoms with Gasteiger partial charge in [0.15, 0.2) is 0 Å². The quantitative estimate of drug-likeness (QED) is 0.645. The van der Waals surface area contributed by atoms with Crippen LogP contribution in [0.5, 0.6) is 0 Å². The summed E-state index contributed by atoms with van der Waals surface area (Å²) in [6.07, 6.45) is -3.08. The second-order valence-electron chi connectivity index (χ2n) is 2.62. The third kappa shape index (κ3) is 2.48. The maximum atomic E-state index is 12.3. The molecule has 0 saturated carbocycles. The average Bonchev–Trinajstić information content (AvgIpc) is 2.07. The van der Waals surface area contributed by atoms with Gasteiger partial charge in [0.05, 0.1) is 10.6 Å².